The molecular formula is C13H15N3OS. The highest BCUT2D eigenvalue weighted by Gasteiger charge is 2.14. The molecule has 1 atom stereocenters. The van der Waals surface area contributed by atoms with E-state index in [-0.39, 0.29) is 5.56 Å². The van der Waals surface area contributed by atoms with Crippen LogP contribution in [0.4, 0.5) is 5.69 Å². The second-order valence-corrected chi connectivity index (χ2v) is 5.60. The highest BCUT2D eigenvalue weighted by molar-refractivity contribution is 7.99. The summed E-state index contributed by atoms with van der Waals surface area (Å²) in [5.41, 5.74) is 2.88. The molecule has 1 unspecified atom stereocenters. The topological polar surface area (TPSA) is 60.7 Å². The molecule has 2 aromatic rings. The largest absolute Gasteiger partial charge is 0.381 e. The Morgan fingerprint density at radius 2 is 2.06 bits per heavy atom. The monoisotopic (exact) mass is 261 g/mol. The van der Waals surface area contributed by atoms with Gasteiger partial charge >= 0.3 is 0 Å². The number of thioether (sulfide) groups is 1. The normalized spacial score (nSPS) is 19.0. The van der Waals surface area contributed by atoms with Gasteiger partial charge in [0.05, 0.1) is 5.69 Å². The number of benzene rings is 1. The minimum atomic E-state index is -0.102. The second-order valence-electron chi connectivity index (χ2n) is 4.45. The van der Waals surface area contributed by atoms with Crippen molar-refractivity contribution in [1.29, 1.82) is 0 Å². The van der Waals surface area contributed by atoms with E-state index in [4.69, 9.17) is 0 Å². The van der Waals surface area contributed by atoms with Gasteiger partial charge in [0, 0.05) is 23.5 Å². The molecule has 0 spiro atoms. The van der Waals surface area contributed by atoms with E-state index in [1.54, 1.807) is 6.07 Å². The van der Waals surface area contributed by atoms with Crippen LogP contribution in [0.3, 0.4) is 0 Å². The lowest BCUT2D eigenvalue weighted by molar-refractivity contribution is 0.813. The Morgan fingerprint density at radius 3 is 2.67 bits per heavy atom. The molecule has 5 heteroatoms. The molecule has 18 heavy (non-hydrogen) atoms. The number of hydrogen-bond acceptors (Lipinski definition) is 3. The van der Waals surface area contributed by atoms with Crippen LogP contribution in [0.1, 0.15) is 6.42 Å². The Morgan fingerprint density at radius 1 is 1.22 bits per heavy atom. The van der Waals surface area contributed by atoms with Crippen molar-refractivity contribution in [3.05, 3.63) is 40.7 Å². The van der Waals surface area contributed by atoms with Gasteiger partial charge in [-0.05, 0) is 29.9 Å². The summed E-state index contributed by atoms with van der Waals surface area (Å²) in [7, 11) is 0. The summed E-state index contributed by atoms with van der Waals surface area (Å²) in [6, 6.07) is 10.3. The highest BCUT2D eigenvalue weighted by atomic mass is 32.2. The third kappa shape index (κ3) is 2.46. The zero-order chi connectivity index (χ0) is 12.4. The minimum Gasteiger partial charge on any atom is -0.381 e. The molecule has 94 valence electrons. The molecule has 0 radical (unpaired) electrons. The highest BCUT2D eigenvalue weighted by Crippen LogP contribution is 2.23. The van der Waals surface area contributed by atoms with Gasteiger partial charge in [-0.3, -0.25) is 15.0 Å². The van der Waals surface area contributed by atoms with E-state index < -0.39 is 0 Å². The van der Waals surface area contributed by atoms with E-state index in [1.165, 1.54) is 17.9 Å². The molecule has 1 fully saturated rings. The summed E-state index contributed by atoms with van der Waals surface area (Å²) in [6.07, 6.45) is 1.23. The molecule has 1 aromatic carbocycles. The lowest BCUT2D eigenvalue weighted by Crippen LogP contribution is -2.17. The standard InChI is InChI=1S/C13H15N3OS/c17-13-7-12(15-16-13)9-1-3-10(4-2-9)14-11-5-6-18-8-11/h1-4,7,11,14H,5-6,8H2,(H2,15,16,17). The molecule has 1 aromatic heterocycles. The summed E-state index contributed by atoms with van der Waals surface area (Å²) in [5, 5.41) is 8.92. The van der Waals surface area contributed by atoms with Gasteiger partial charge in [-0.15, -0.1) is 0 Å². The van der Waals surface area contributed by atoms with Crippen molar-refractivity contribution < 1.29 is 0 Å². The second kappa shape index (κ2) is 4.94. The van der Waals surface area contributed by atoms with Crippen LogP contribution in [0.2, 0.25) is 0 Å². The summed E-state index contributed by atoms with van der Waals surface area (Å²) in [6.45, 7) is 0. The van der Waals surface area contributed by atoms with Gasteiger partial charge in [0.1, 0.15) is 0 Å². The van der Waals surface area contributed by atoms with E-state index in [1.807, 2.05) is 23.9 Å². The Labute approximate surface area is 109 Å². The van der Waals surface area contributed by atoms with Gasteiger partial charge in [0.15, 0.2) is 0 Å². The van der Waals surface area contributed by atoms with Gasteiger partial charge in [-0.1, -0.05) is 12.1 Å². The molecule has 3 N–H and O–H groups in total. The first-order valence-corrected chi connectivity index (χ1v) is 7.19. The van der Waals surface area contributed by atoms with E-state index in [0.29, 0.717) is 6.04 Å². The van der Waals surface area contributed by atoms with E-state index in [9.17, 15) is 4.79 Å². The van der Waals surface area contributed by atoms with Crippen molar-refractivity contribution in [3.63, 3.8) is 0 Å². The lowest BCUT2D eigenvalue weighted by Gasteiger charge is -2.12. The van der Waals surface area contributed by atoms with Crippen LogP contribution < -0.4 is 10.9 Å². The number of nitrogens with one attached hydrogen (secondary N) is 3. The van der Waals surface area contributed by atoms with Gasteiger partial charge in [0.2, 0.25) is 0 Å². The average molecular weight is 261 g/mol. The van der Waals surface area contributed by atoms with Crippen molar-refractivity contribution in [3.8, 4) is 11.3 Å². The lowest BCUT2D eigenvalue weighted by atomic mass is 10.1. The number of H-pyrrole nitrogens is 2. The molecule has 0 saturated carbocycles. The average Bonchev–Trinajstić information content (AvgIpc) is 3.02. The van der Waals surface area contributed by atoms with Crippen molar-refractivity contribution in [2.45, 2.75) is 12.5 Å². The number of aromatic nitrogens is 2. The van der Waals surface area contributed by atoms with Crippen LogP contribution in [-0.2, 0) is 0 Å². The molecule has 0 amide bonds. The van der Waals surface area contributed by atoms with Crippen molar-refractivity contribution in [2.24, 2.45) is 0 Å². The Hall–Kier alpha value is -1.62. The molecule has 1 saturated heterocycles. The molecule has 2 heterocycles. The van der Waals surface area contributed by atoms with Gasteiger partial charge in [-0.25, -0.2) is 0 Å². The van der Waals surface area contributed by atoms with E-state index >= 15 is 0 Å². The predicted octanol–water partition coefficient (Wildman–Crippen LogP) is 2.29. The maximum atomic E-state index is 11.1. The fourth-order valence-corrected chi connectivity index (χ4v) is 3.27. The molecular weight excluding hydrogens is 246 g/mol. The summed E-state index contributed by atoms with van der Waals surface area (Å²) in [4.78, 5) is 11.1. The molecule has 3 rings (SSSR count). The van der Waals surface area contributed by atoms with Crippen molar-refractivity contribution in [1.82, 2.24) is 10.2 Å². The Bertz CT molecular complexity index is 566. The SMILES string of the molecule is O=c1cc(-c2ccc(NC3CCSC3)cc2)[nH][nH]1. The quantitative estimate of drug-likeness (QED) is 0.794. The number of rotatable bonds is 3. The molecule has 0 aliphatic carbocycles. The van der Waals surface area contributed by atoms with Gasteiger partial charge < -0.3 is 5.32 Å². The summed E-state index contributed by atoms with van der Waals surface area (Å²) >= 11 is 2.00. The first-order valence-electron chi connectivity index (χ1n) is 6.04. The summed E-state index contributed by atoms with van der Waals surface area (Å²) in [5.74, 6) is 2.44. The van der Waals surface area contributed by atoms with Crippen LogP contribution >= 0.6 is 11.8 Å². The van der Waals surface area contributed by atoms with E-state index in [2.05, 4.69) is 27.6 Å². The first-order chi connectivity index (χ1) is 8.81. The maximum Gasteiger partial charge on any atom is 0.264 e. The van der Waals surface area contributed by atoms with E-state index in [0.717, 1.165) is 16.9 Å². The van der Waals surface area contributed by atoms with Crippen molar-refractivity contribution in [2.75, 3.05) is 16.8 Å². The maximum absolute atomic E-state index is 11.1. The fraction of sp³-hybridized carbons (Fsp3) is 0.308. The predicted molar refractivity (Wildman–Crippen MR) is 76.2 cm³/mol. The molecule has 4 nitrogen and oxygen atoms in total. The summed E-state index contributed by atoms with van der Waals surface area (Å²) < 4.78 is 0. The number of aromatic amines is 2. The van der Waals surface area contributed by atoms with Crippen LogP contribution in [0.25, 0.3) is 11.3 Å². The fourth-order valence-electron chi connectivity index (χ4n) is 2.12. The third-order valence-electron chi connectivity index (χ3n) is 3.09. The van der Waals surface area contributed by atoms with Gasteiger partial charge in [0.25, 0.3) is 5.56 Å². The Balaban J connectivity index is 1.74. The molecule has 1 aliphatic rings. The zero-order valence-corrected chi connectivity index (χ0v) is 10.7. The van der Waals surface area contributed by atoms with Crippen LogP contribution in [0.5, 0.6) is 0 Å². The van der Waals surface area contributed by atoms with Gasteiger partial charge in [-0.2, -0.15) is 11.8 Å². The van der Waals surface area contributed by atoms with Crippen LogP contribution in [-0.4, -0.2) is 27.7 Å². The number of anilines is 1. The van der Waals surface area contributed by atoms with Crippen LogP contribution in [0, 0.1) is 0 Å². The molecule has 0 bridgehead atoms. The molecule has 1 aliphatic heterocycles. The van der Waals surface area contributed by atoms with Crippen LogP contribution in [0.15, 0.2) is 35.1 Å². The third-order valence-corrected chi connectivity index (χ3v) is 4.25. The van der Waals surface area contributed by atoms with Crippen molar-refractivity contribution >= 4 is 17.4 Å². The minimum absolute atomic E-state index is 0.102. The number of hydrogen-bond donors (Lipinski definition) is 3. The zero-order valence-electron chi connectivity index (χ0n) is 9.90. The smallest absolute Gasteiger partial charge is 0.264 e. The first kappa shape index (κ1) is 11.5. The Kier molecular flexibility index (Phi) is 3.15.